The summed E-state index contributed by atoms with van der Waals surface area (Å²) in [6.07, 6.45) is 6.81. The van der Waals surface area contributed by atoms with Gasteiger partial charge in [0.25, 0.3) is 0 Å². The van der Waals surface area contributed by atoms with Crippen LogP contribution in [-0.4, -0.2) is 11.1 Å². The summed E-state index contributed by atoms with van der Waals surface area (Å²) < 4.78 is 5.78. The Morgan fingerprint density at radius 3 is 2.76 bits per heavy atom. The van der Waals surface area contributed by atoms with Gasteiger partial charge in [-0.3, -0.25) is 4.79 Å². The molecular weight excluding hydrogens is 216 g/mol. The lowest BCUT2D eigenvalue weighted by atomic mass is 9.88. The van der Waals surface area contributed by atoms with Crippen LogP contribution < -0.4 is 0 Å². The molecule has 1 heterocycles. The average Bonchev–Trinajstić information content (AvgIpc) is 2.78. The summed E-state index contributed by atoms with van der Waals surface area (Å²) in [4.78, 5) is 10.8. The summed E-state index contributed by atoms with van der Waals surface area (Å²) in [6.45, 7) is 1.71. The van der Waals surface area contributed by atoms with E-state index in [-0.39, 0.29) is 5.92 Å². The van der Waals surface area contributed by atoms with Crippen molar-refractivity contribution >= 4 is 5.97 Å². The molecule has 0 saturated heterocycles. The minimum Gasteiger partial charge on any atom is -0.481 e. The predicted octanol–water partition coefficient (Wildman–Crippen LogP) is 3.59. The first-order valence-electron chi connectivity index (χ1n) is 6.48. The van der Waals surface area contributed by atoms with Gasteiger partial charge in [-0.15, -0.1) is 0 Å². The molecule has 0 aliphatic heterocycles. The van der Waals surface area contributed by atoms with E-state index in [2.05, 4.69) is 0 Å². The molecule has 2 rings (SSSR count). The van der Waals surface area contributed by atoms with Gasteiger partial charge in [0.2, 0.25) is 0 Å². The Hall–Kier alpha value is -1.25. The molecule has 1 fully saturated rings. The smallest absolute Gasteiger partial charge is 0.306 e. The van der Waals surface area contributed by atoms with E-state index < -0.39 is 5.97 Å². The quantitative estimate of drug-likeness (QED) is 0.869. The second kappa shape index (κ2) is 5.39. The first-order valence-corrected chi connectivity index (χ1v) is 6.48. The Labute approximate surface area is 102 Å². The molecule has 3 nitrogen and oxygen atoms in total. The second-order valence-corrected chi connectivity index (χ2v) is 5.08. The lowest BCUT2D eigenvalue weighted by molar-refractivity contribution is -0.141. The molecule has 1 aliphatic rings. The molecule has 3 heteroatoms. The summed E-state index contributed by atoms with van der Waals surface area (Å²) in [7, 11) is 0. The summed E-state index contributed by atoms with van der Waals surface area (Å²) >= 11 is 0. The van der Waals surface area contributed by atoms with E-state index in [1.807, 2.05) is 12.1 Å². The summed E-state index contributed by atoms with van der Waals surface area (Å²) in [5.74, 6) is 1.27. The van der Waals surface area contributed by atoms with Crippen molar-refractivity contribution < 1.29 is 14.3 Å². The van der Waals surface area contributed by atoms with Gasteiger partial charge in [-0.2, -0.15) is 0 Å². The molecule has 1 aromatic heterocycles. The zero-order valence-corrected chi connectivity index (χ0v) is 10.3. The summed E-state index contributed by atoms with van der Waals surface area (Å²) in [5, 5.41) is 8.86. The Balaban J connectivity index is 1.97. The van der Waals surface area contributed by atoms with E-state index in [1.54, 1.807) is 6.92 Å². The lowest BCUT2D eigenvalue weighted by Crippen LogP contribution is -2.11. The molecular formula is C14H20O3. The standard InChI is InChI=1S/C14H20O3/c1-10(14(15)16)9-12-7-8-13(17-12)11-5-3-2-4-6-11/h7-8,10-11H,2-6,9H2,1H3,(H,15,16). The maximum Gasteiger partial charge on any atom is 0.306 e. The number of carbonyl (C=O) groups is 1. The normalized spacial score (nSPS) is 19.1. The molecule has 1 N–H and O–H groups in total. The minimum atomic E-state index is -0.763. The SMILES string of the molecule is CC(Cc1ccc(C2CCCCC2)o1)C(=O)O. The van der Waals surface area contributed by atoms with E-state index in [4.69, 9.17) is 9.52 Å². The van der Waals surface area contributed by atoms with Crippen molar-refractivity contribution in [3.8, 4) is 0 Å². The maximum atomic E-state index is 10.8. The van der Waals surface area contributed by atoms with Crippen LogP contribution in [0.25, 0.3) is 0 Å². The molecule has 1 atom stereocenters. The predicted molar refractivity (Wildman–Crippen MR) is 65.0 cm³/mol. The van der Waals surface area contributed by atoms with Crippen molar-refractivity contribution in [3.05, 3.63) is 23.7 Å². The fourth-order valence-electron chi connectivity index (χ4n) is 2.50. The van der Waals surface area contributed by atoms with Crippen molar-refractivity contribution in [2.24, 2.45) is 5.92 Å². The van der Waals surface area contributed by atoms with E-state index in [9.17, 15) is 4.79 Å². The van der Waals surface area contributed by atoms with Crippen molar-refractivity contribution in [1.82, 2.24) is 0 Å². The number of hydrogen-bond acceptors (Lipinski definition) is 2. The molecule has 1 unspecified atom stereocenters. The summed E-state index contributed by atoms with van der Waals surface area (Å²) in [5.41, 5.74) is 0. The first-order chi connectivity index (χ1) is 8.16. The third-order valence-electron chi connectivity index (χ3n) is 3.62. The van der Waals surface area contributed by atoms with Crippen LogP contribution >= 0.6 is 0 Å². The molecule has 1 aliphatic carbocycles. The lowest BCUT2D eigenvalue weighted by Gasteiger charge is -2.19. The molecule has 94 valence electrons. The molecule has 1 aromatic rings. The van der Waals surface area contributed by atoms with Crippen LogP contribution in [0.15, 0.2) is 16.5 Å². The van der Waals surface area contributed by atoms with Crippen LogP contribution in [0.1, 0.15) is 56.5 Å². The Morgan fingerprint density at radius 2 is 2.12 bits per heavy atom. The van der Waals surface area contributed by atoms with Crippen molar-refractivity contribution in [2.45, 2.75) is 51.4 Å². The van der Waals surface area contributed by atoms with Gasteiger partial charge in [-0.05, 0) is 25.0 Å². The Bertz CT molecular complexity index is 375. The van der Waals surface area contributed by atoms with Crippen LogP contribution in [0.3, 0.4) is 0 Å². The summed E-state index contributed by atoms with van der Waals surface area (Å²) in [6, 6.07) is 3.96. The molecule has 1 saturated carbocycles. The number of hydrogen-bond donors (Lipinski definition) is 1. The fourth-order valence-corrected chi connectivity index (χ4v) is 2.50. The third-order valence-corrected chi connectivity index (χ3v) is 3.62. The highest BCUT2D eigenvalue weighted by atomic mass is 16.4. The molecule has 0 aromatic carbocycles. The largest absolute Gasteiger partial charge is 0.481 e. The average molecular weight is 236 g/mol. The van der Waals surface area contributed by atoms with Gasteiger partial charge < -0.3 is 9.52 Å². The van der Waals surface area contributed by atoms with Gasteiger partial charge in [0.05, 0.1) is 5.92 Å². The molecule has 0 radical (unpaired) electrons. The van der Waals surface area contributed by atoms with Gasteiger partial charge >= 0.3 is 5.97 Å². The molecule has 17 heavy (non-hydrogen) atoms. The highest BCUT2D eigenvalue weighted by Gasteiger charge is 2.20. The van der Waals surface area contributed by atoms with Crippen LogP contribution in [0.5, 0.6) is 0 Å². The van der Waals surface area contributed by atoms with E-state index in [1.165, 1.54) is 32.1 Å². The van der Waals surface area contributed by atoms with Crippen LogP contribution in [0.2, 0.25) is 0 Å². The Morgan fingerprint density at radius 1 is 1.41 bits per heavy atom. The molecule has 0 spiro atoms. The fraction of sp³-hybridized carbons (Fsp3) is 0.643. The van der Waals surface area contributed by atoms with E-state index in [0.717, 1.165) is 11.5 Å². The molecule has 0 bridgehead atoms. The first kappa shape index (κ1) is 12.2. The number of carboxylic acid groups (broad SMARTS) is 1. The highest BCUT2D eigenvalue weighted by Crippen LogP contribution is 2.33. The van der Waals surface area contributed by atoms with E-state index >= 15 is 0 Å². The second-order valence-electron chi connectivity index (χ2n) is 5.08. The van der Waals surface area contributed by atoms with Gasteiger partial charge in [-0.25, -0.2) is 0 Å². The zero-order chi connectivity index (χ0) is 12.3. The van der Waals surface area contributed by atoms with Crippen LogP contribution in [0, 0.1) is 5.92 Å². The minimum absolute atomic E-state index is 0.375. The van der Waals surface area contributed by atoms with Crippen LogP contribution in [-0.2, 0) is 11.2 Å². The van der Waals surface area contributed by atoms with Crippen molar-refractivity contribution in [2.75, 3.05) is 0 Å². The van der Waals surface area contributed by atoms with E-state index in [0.29, 0.717) is 12.3 Å². The number of furan rings is 1. The topological polar surface area (TPSA) is 50.4 Å². The Kier molecular flexibility index (Phi) is 3.87. The number of rotatable bonds is 4. The molecule has 0 amide bonds. The zero-order valence-electron chi connectivity index (χ0n) is 10.3. The van der Waals surface area contributed by atoms with Crippen molar-refractivity contribution in [3.63, 3.8) is 0 Å². The maximum absolute atomic E-state index is 10.8. The number of carboxylic acids is 1. The van der Waals surface area contributed by atoms with Gasteiger partial charge in [0.15, 0.2) is 0 Å². The van der Waals surface area contributed by atoms with Crippen molar-refractivity contribution in [1.29, 1.82) is 0 Å². The van der Waals surface area contributed by atoms with Gasteiger partial charge in [-0.1, -0.05) is 26.2 Å². The highest BCUT2D eigenvalue weighted by molar-refractivity contribution is 5.69. The number of aliphatic carboxylic acids is 1. The van der Waals surface area contributed by atoms with Gasteiger partial charge in [0.1, 0.15) is 11.5 Å². The monoisotopic (exact) mass is 236 g/mol. The van der Waals surface area contributed by atoms with Crippen LogP contribution in [0.4, 0.5) is 0 Å². The third kappa shape index (κ3) is 3.11. The van der Waals surface area contributed by atoms with Gasteiger partial charge in [0, 0.05) is 12.3 Å².